The van der Waals surface area contributed by atoms with Gasteiger partial charge in [-0.3, -0.25) is 4.21 Å². The van der Waals surface area contributed by atoms with Crippen molar-refractivity contribution in [1.82, 2.24) is 4.72 Å². The average molecular weight is 290 g/mol. The molecule has 0 saturated heterocycles. The van der Waals surface area contributed by atoms with Crippen molar-refractivity contribution in [3.8, 4) is 0 Å². The molecule has 1 aromatic carbocycles. The number of hydrogen-bond acceptors (Lipinski definition) is 4. The summed E-state index contributed by atoms with van der Waals surface area (Å²) in [6.07, 6.45) is 2.13. The SMILES string of the molecule is Cc1cccc(N)c1S(=O)(=O)NCCCS(C)=O. The van der Waals surface area contributed by atoms with Gasteiger partial charge in [0, 0.05) is 29.4 Å². The van der Waals surface area contributed by atoms with Crippen LogP contribution in [0.4, 0.5) is 5.69 Å². The molecule has 0 aliphatic carbocycles. The molecule has 0 spiro atoms. The highest BCUT2D eigenvalue weighted by Gasteiger charge is 2.18. The van der Waals surface area contributed by atoms with E-state index >= 15 is 0 Å². The van der Waals surface area contributed by atoms with Gasteiger partial charge in [-0.1, -0.05) is 12.1 Å². The first-order valence-electron chi connectivity index (χ1n) is 5.49. The van der Waals surface area contributed by atoms with Gasteiger partial charge < -0.3 is 5.73 Å². The molecule has 0 aromatic heterocycles. The first-order valence-corrected chi connectivity index (χ1v) is 8.70. The molecular weight excluding hydrogens is 272 g/mol. The molecule has 0 heterocycles. The Bertz CT molecular complexity index is 521. The second-order valence-corrected chi connectivity index (χ2v) is 7.28. The molecule has 0 amide bonds. The van der Waals surface area contributed by atoms with Gasteiger partial charge >= 0.3 is 0 Å². The summed E-state index contributed by atoms with van der Waals surface area (Å²) in [7, 11) is -4.50. The Balaban J connectivity index is 2.78. The van der Waals surface area contributed by atoms with E-state index in [0.29, 0.717) is 17.7 Å². The molecule has 102 valence electrons. The highest BCUT2D eigenvalue weighted by atomic mass is 32.2. The van der Waals surface area contributed by atoms with Crippen molar-refractivity contribution in [2.75, 3.05) is 24.3 Å². The minimum atomic E-state index is -3.59. The molecule has 1 unspecified atom stereocenters. The van der Waals surface area contributed by atoms with Gasteiger partial charge in [0.15, 0.2) is 0 Å². The van der Waals surface area contributed by atoms with Crippen LogP contribution in [0.3, 0.4) is 0 Å². The van der Waals surface area contributed by atoms with Crippen LogP contribution < -0.4 is 10.5 Å². The normalized spacial score (nSPS) is 13.4. The molecule has 0 fully saturated rings. The zero-order valence-electron chi connectivity index (χ0n) is 10.5. The number of nitrogen functional groups attached to an aromatic ring is 1. The number of rotatable bonds is 6. The molecule has 18 heavy (non-hydrogen) atoms. The van der Waals surface area contributed by atoms with Crippen molar-refractivity contribution in [1.29, 1.82) is 0 Å². The lowest BCUT2D eigenvalue weighted by Crippen LogP contribution is -2.27. The number of anilines is 1. The van der Waals surface area contributed by atoms with Crippen molar-refractivity contribution in [3.05, 3.63) is 23.8 Å². The van der Waals surface area contributed by atoms with Gasteiger partial charge in [-0.15, -0.1) is 0 Å². The summed E-state index contributed by atoms with van der Waals surface area (Å²) in [6.45, 7) is 1.96. The summed E-state index contributed by atoms with van der Waals surface area (Å²) in [6, 6.07) is 4.97. The van der Waals surface area contributed by atoms with E-state index in [2.05, 4.69) is 4.72 Å². The molecule has 0 aliphatic heterocycles. The van der Waals surface area contributed by atoms with Crippen molar-refractivity contribution in [3.63, 3.8) is 0 Å². The highest BCUT2D eigenvalue weighted by molar-refractivity contribution is 7.89. The number of nitrogens with one attached hydrogen (secondary N) is 1. The molecule has 0 aliphatic rings. The zero-order valence-corrected chi connectivity index (χ0v) is 12.1. The van der Waals surface area contributed by atoms with Crippen LogP contribution in [-0.2, 0) is 20.8 Å². The zero-order chi connectivity index (χ0) is 13.8. The molecule has 1 atom stereocenters. The highest BCUT2D eigenvalue weighted by Crippen LogP contribution is 2.21. The first kappa shape index (κ1) is 15.1. The summed E-state index contributed by atoms with van der Waals surface area (Å²) in [5.74, 6) is 0.478. The molecule has 1 rings (SSSR count). The van der Waals surface area contributed by atoms with E-state index in [9.17, 15) is 12.6 Å². The van der Waals surface area contributed by atoms with Crippen LogP contribution >= 0.6 is 0 Å². The monoisotopic (exact) mass is 290 g/mol. The maximum absolute atomic E-state index is 12.1. The number of nitrogens with two attached hydrogens (primary N) is 1. The standard InChI is InChI=1S/C11H18N2O3S2/c1-9-5-3-6-10(12)11(9)18(15,16)13-7-4-8-17(2)14/h3,5-6,13H,4,7-8,12H2,1-2H3. The molecule has 0 saturated carbocycles. The van der Waals surface area contributed by atoms with E-state index in [0.717, 1.165) is 0 Å². The molecule has 0 radical (unpaired) electrons. The third-order valence-electron chi connectivity index (χ3n) is 2.41. The van der Waals surface area contributed by atoms with Gasteiger partial charge in [-0.25, -0.2) is 13.1 Å². The van der Waals surface area contributed by atoms with E-state index in [1.165, 1.54) is 0 Å². The number of benzene rings is 1. The fourth-order valence-electron chi connectivity index (χ4n) is 1.60. The second kappa shape index (κ2) is 6.31. The average Bonchev–Trinajstić information content (AvgIpc) is 2.23. The lowest BCUT2D eigenvalue weighted by atomic mass is 10.2. The van der Waals surface area contributed by atoms with E-state index in [1.54, 1.807) is 31.4 Å². The van der Waals surface area contributed by atoms with E-state index in [1.807, 2.05) is 0 Å². The first-order chi connectivity index (χ1) is 8.34. The predicted octanol–water partition coefficient (Wildman–Crippen LogP) is 0.624. The Morgan fingerprint density at radius 2 is 2.06 bits per heavy atom. The quantitative estimate of drug-likeness (QED) is 0.594. The minimum absolute atomic E-state index is 0.127. The Hall–Kier alpha value is -0.920. The Kier molecular flexibility index (Phi) is 5.30. The van der Waals surface area contributed by atoms with Crippen molar-refractivity contribution in [2.45, 2.75) is 18.2 Å². The van der Waals surface area contributed by atoms with Gasteiger partial charge in [0.25, 0.3) is 0 Å². The number of sulfonamides is 1. The van der Waals surface area contributed by atoms with Gasteiger partial charge in [-0.2, -0.15) is 0 Å². The van der Waals surface area contributed by atoms with Crippen LogP contribution in [0.5, 0.6) is 0 Å². The third kappa shape index (κ3) is 4.08. The fourth-order valence-corrected chi connectivity index (χ4v) is 3.57. The van der Waals surface area contributed by atoms with Gasteiger partial charge in [-0.05, 0) is 25.0 Å². The van der Waals surface area contributed by atoms with E-state index in [4.69, 9.17) is 5.73 Å². The summed E-state index contributed by atoms with van der Waals surface area (Å²) in [4.78, 5) is 0.127. The number of aryl methyl sites for hydroxylation is 1. The van der Waals surface area contributed by atoms with Crippen molar-refractivity contribution < 1.29 is 12.6 Å². The molecule has 5 nitrogen and oxygen atoms in total. The third-order valence-corrected chi connectivity index (χ3v) is 4.95. The Morgan fingerprint density at radius 3 is 2.61 bits per heavy atom. The van der Waals surface area contributed by atoms with Crippen LogP contribution in [-0.4, -0.2) is 31.2 Å². The topological polar surface area (TPSA) is 89.3 Å². The van der Waals surface area contributed by atoms with Gasteiger partial charge in [0.1, 0.15) is 4.90 Å². The molecule has 3 N–H and O–H groups in total. The predicted molar refractivity (Wildman–Crippen MR) is 74.3 cm³/mol. The Labute approximate surface area is 110 Å². The second-order valence-electron chi connectivity index (χ2n) is 4.02. The summed E-state index contributed by atoms with van der Waals surface area (Å²) < 4.78 is 37.4. The van der Waals surface area contributed by atoms with Gasteiger partial charge in [0.2, 0.25) is 10.0 Å². The molecular formula is C11H18N2O3S2. The lowest BCUT2D eigenvalue weighted by molar-refractivity contribution is 0.580. The fraction of sp³-hybridized carbons (Fsp3) is 0.455. The molecule has 7 heteroatoms. The summed E-state index contributed by atoms with van der Waals surface area (Å²) in [5.41, 5.74) is 6.54. The maximum atomic E-state index is 12.1. The summed E-state index contributed by atoms with van der Waals surface area (Å²) >= 11 is 0. The van der Waals surface area contributed by atoms with Crippen LogP contribution in [0.1, 0.15) is 12.0 Å². The molecule has 0 bridgehead atoms. The van der Waals surface area contributed by atoms with Crippen LogP contribution in [0.15, 0.2) is 23.1 Å². The lowest BCUT2D eigenvalue weighted by Gasteiger charge is -2.11. The largest absolute Gasteiger partial charge is 0.398 e. The van der Waals surface area contributed by atoms with Gasteiger partial charge in [0.05, 0.1) is 5.69 Å². The van der Waals surface area contributed by atoms with Crippen LogP contribution in [0, 0.1) is 6.92 Å². The van der Waals surface area contributed by atoms with Crippen LogP contribution in [0.25, 0.3) is 0 Å². The van der Waals surface area contributed by atoms with Crippen molar-refractivity contribution in [2.24, 2.45) is 0 Å². The summed E-state index contributed by atoms with van der Waals surface area (Å²) in [5, 5.41) is 0. The smallest absolute Gasteiger partial charge is 0.242 e. The van der Waals surface area contributed by atoms with Crippen LogP contribution in [0.2, 0.25) is 0 Å². The minimum Gasteiger partial charge on any atom is -0.398 e. The van der Waals surface area contributed by atoms with E-state index in [-0.39, 0.29) is 17.1 Å². The van der Waals surface area contributed by atoms with Crippen molar-refractivity contribution >= 4 is 26.5 Å². The Morgan fingerprint density at radius 1 is 1.39 bits per heavy atom. The van der Waals surface area contributed by atoms with E-state index < -0.39 is 20.8 Å². The maximum Gasteiger partial charge on any atom is 0.242 e. The molecule has 1 aromatic rings. The number of hydrogen-bond donors (Lipinski definition) is 2.